The van der Waals surface area contributed by atoms with Crippen LogP contribution in [0.15, 0.2) is 0 Å². The first-order chi connectivity index (χ1) is 9.63. The fourth-order valence-electron chi connectivity index (χ4n) is 3.01. The summed E-state index contributed by atoms with van der Waals surface area (Å²) in [5, 5.41) is 8.95. The molecule has 0 atom stereocenters. The molecular formula is C15H25ClN4. The number of aryl methyl sites for hydroxylation is 2. The van der Waals surface area contributed by atoms with Crippen LogP contribution in [0.2, 0.25) is 5.02 Å². The molecule has 0 unspecified atom stereocenters. The molecule has 1 saturated heterocycles. The molecule has 1 saturated carbocycles. The van der Waals surface area contributed by atoms with Gasteiger partial charge in [-0.3, -0.25) is 9.58 Å². The molecule has 0 bridgehead atoms. The van der Waals surface area contributed by atoms with Gasteiger partial charge in [0.05, 0.1) is 16.4 Å². The van der Waals surface area contributed by atoms with E-state index >= 15 is 0 Å². The quantitative estimate of drug-likeness (QED) is 0.905. The van der Waals surface area contributed by atoms with E-state index in [1.165, 1.54) is 32.2 Å². The molecule has 3 rings (SSSR count). The topological polar surface area (TPSA) is 33.1 Å². The van der Waals surface area contributed by atoms with Crippen LogP contribution in [-0.4, -0.2) is 40.4 Å². The molecule has 2 aliphatic rings. The maximum atomic E-state index is 6.33. The number of halogens is 1. The van der Waals surface area contributed by atoms with Gasteiger partial charge in [0.15, 0.2) is 0 Å². The molecule has 2 fully saturated rings. The zero-order chi connectivity index (χ0) is 14.1. The number of hydrogen-bond acceptors (Lipinski definition) is 3. The van der Waals surface area contributed by atoms with Crippen LogP contribution in [0.25, 0.3) is 0 Å². The molecule has 0 aromatic carbocycles. The average Bonchev–Trinajstić information content (AvgIpc) is 3.23. The van der Waals surface area contributed by atoms with Crippen LogP contribution in [0, 0.1) is 12.8 Å². The Morgan fingerprint density at radius 3 is 2.50 bits per heavy atom. The van der Waals surface area contributed by atoms with Crippen LogP contribution in [0.1, 0.15) is 37.1 Å². The van der Waals surface area contributed by atoms with E-state index in [9.17, 15) is 0 Å². The van der Waals surface area contributed by atoms with E-state index in [1.807, 2.05) is 18.7 Å². The van der Waals surface area contributed by atoms with Crippen molar-refractivity contribution in [1.82, 2.24) is 20.0 Å². The third-order valence-corrected chi connectivity index (χ3v) is 5.11. The summed E-state index contributed by atoms with van der Waals surface area (Å²) in [7, 11) is 1.98. The smallest absolute Gasteiger partial charge is 0.0860 e. The molecular weight excluding hydrogens is 272 g/mol. The van der Waals surface area contributed by atoms with Crippen LogP contribution < -0.4 is 5.32 Å². The van der Waals surface area contributed by atoms with Crippen molar-refractivity contribution in [2.45, 2.75) is 45.2 Å². The normalized spacial score (nSPS) is 21.6. The van der Waals surface area contributed by atoms with E-state index in [-0.39, 0.29) is 0 Å². The summed E-state index contributed by atoms with van der Waals surface area (Å²) in [6.07, 6.45) is 5.37. The molecule has 0 amide bonds. The summed E-state index contributed by atoms with van der Waals surface area (Å²) in [6.45, 7) is 6.44. The van der Waals surface area contributed by atoms with E-state index < -0.39 is 0 Å². The van der Waals surface area contributed by atoms with Crippen LogP contribution >= 0.6 is 11.6 Å². The minimum Gasteiger partial charge on any atom is -0.314 e. The molecule has 1 aromatic rings. The minimum atomic E-state index is 0.718. The Morgan fingerprint density at radius 2 is 1.95 bits per heavy atom. The lowest BCUT2D eigenvalue weighted by Crippen LogP contribution is -2.42. The monoisotopic (exact) mass is 296 g/mol. The second-order valence-corrected chi connectivity index (χ2v) is 6.75. The Bertz CT molecular complexity index is 459. The second-order valence-electron chi connectivity index (χ2n) is 6.37. The molecule has 1 aliphatic carbocycles. The Morgan fingerprint density at radius 1 is 1.25 bits per heavy atom. The molecule has 0 spiro atoms. The van der Waals surface area contributed by atoms with Crippen molar-refractivity contribution in [1.29, 1.82) is 0 Å². The molecule has 0 radical (unpaired) electrons. The lowest BCUT2D eigenvalue weighted by Gasteiger charge is -2.32. The Balaban J connectivity index is 1.47. The van der Waals surface area contributed by atoms with Gasteiger partial charge in [-0.25, -0.2) is 0 Å². The molecule has 1 N–H and O–H groups in total. The van der Waals surface area contributed by atoms with Gasteiger partial charge in [-0.1, -0.05) is 11.6 Å². The van der Waals surface area contributed by atoms with Crippen molar-refractivity contribution in [2.24, 2.45) is 13.0 Å². The lowest BCUT2D eigenvalue weighted by molar-refractivity contribution is 0.186. The largest absolute Gasteiger partial charge is 0.314 e. The highest BCUT2D eigenvalue weighted by atomic mass is 35.5. The van der Waals surface area contributed by atoms with Gasteiger partial charge < -0.3 is 5.32 Å². The predicted octanol–water partition coefficient (Wildman–Crippen LogP) is 2.35. The van der Waals surface area contributed by atoms with E-state index in [4.69, 9.17) is 11.6 Å². The van der Waals surface area contributed by atoms with Crippen LogP contribution in [0.3, 0.4) is 0 Å². The van der Waals surface area contributed by atoms with Gasteiger partial charge in [0.1, 0.15) is 0 Å². The first kappa shape index (κ1) is 14.4. The average molecular weight is 297 g/mol. The highest BCUT2D eigenvalue weighted by Crippen LogP contribution is 2.28. The van der Waals surface area contributed by atoms with Gasteiger partial charge in [0.25, 0.3) is 0 Å². The number of nitrogens with one attached hydrogen (secondary N) is 1. The van der Waals surface area contributed by atoms with E-state index in [2.05, 4.69) is 15.3 Å². The van der Waals surface area contributed by atoms with Crippen molar-refractivity contribution in [3.8, 4) is 0 Å². The summed E-state index contributed by atoms with van der Waals surface area (Å²) in [6, 6.07) is 0.718. The number of aromatic nitrogens is 2. The molecule has 4 nitrogen and oxygen atoms in total. The second kappa shape index (κ2) is 6.04. The van der Waals surface area contributed by atoms with Crippen molar-refractivity contribution in [2.75, 3.05) is 19.6 Å². The van der Waals surface area contributed by atoms with Crippen LogP contribution in [0.5, 0.6) is 0 Å². The zero-order valence-corrected chi connectivity index (χ0v) is 13.3. The summed E-state index contributed by atoms with van der Waals surface area (Å²) < 4.78 is 1.93. The number of hydrogen-bond donors (Lipinski definition) is 1. The number of rotatable bonds is 5. The van der Waals surface area contributed by atoms with Crippen LogP contribution in [-0.2, 0) is 13.6 Å². The first-order valence-electron chi connectivity index (χ1n) is 7.77. The molecule has 20 heavy (non-hydrogen) atoms. The predicted molar refractivity (Wildman–Crippen MR) is 82.0 cm³/mol. The number of likely N-dealkylation sites (tertiary alicyclic amines) is 1. The summed E-state index contributed by atoms with van der Waals surface area (Å²) in [4.78, 5) is 2.50. The van der Waals surface area contributed by atoms with Crippen molar-refractivity contribution >= 4 is 11.6 Å². The van der Waals surface area contributed by atoms with Gasteiger partial charge in [-0.2, -0.15) is 5.10 Å². The van der Waals surface area contributed by atoms with Gasteiger partial charge >= 0.3 is 0 Å². The zero-order valence-electron chi connectivity index (χ0n) is 12.5. The third kappa shape index (κ3) is 3.35. The highest BCUT2D eigenvalue weighted by molar-refractivity contribution is 6.31. The molecule has 5 heteroatoms. The maximum Gasteiger partial charge on any atom is 0.0860 e. The Labute approximate surface area is 126 Å². The first-order valence-corrected chi connectivity index (χ1v) is 8.15. The summed E-state index contributed by atoms with van der Waals surface area (Å²) in [5.74, 6) is 0.976. The van der Waals surface area contributed by atoms with Gasteiger partial charge in [-0.05, 0) is 45.1 Å². The Kier molecular flexibility index (Phi) is 4.34. The Hall–Kier alpha value is -0.580. The molecule has 2 heterocycles. The van der Waals surface area contributed by atoms with E-state index in [1.54, 1.807) is 0 Å². The van der Waals surface area contributed by atoms with Crippen molar-refractivity contribution in [3.05, 3.63) is 16.4 Å². The molecule has 1 aliphatic heterocycles. The summed E-state index contributed by atoms with van der Waals surface area (Å²) in [5.41, 5.74) is 2.08. The fourth-order valence-corrected chi connectivity index (χ4v) is 3.23. The summed E-state index contributed by atoms with van der Waals surface area (Å²) >= 11 is 6.33. The SMILES string of the molecule is Cc1nn(C)c(CN2CCC(NCC3CC3)CC2)c1Cl. The fraction of sp³-hybridized carbons (Fsp3) is 0.800. The standard InChI is InChI=1S/C15H25ClN4/c1-11-15(16)14(19(2)18-11)10-20-7-5-13(6-8-20)17-9-12-3-4-12/h12-13,17H,3-10H2,1-2H3. The number of piperidine rings is 1. The van der Waals surface area contributed by atoms with Crippen LogP contribution in [0.4, 0.5) is 0 Å². The highest BCUT2D eigenvalue weighted by Gasteiger charge is 2.25. The van der Waals surface area contributed by atoms with Gasteiger partial charge in [-0.15, -0.1) is 0 Å². The third-order valence-electron chi connectivity index (χ3n) is 4.61. The van der Waals surface area contributed by atoms with E-state index in [0.717, 1.165) is 48.0 Å². The number of nitrogens with zero attached hydrogens (tertiary/aromatic N) is 3. The maximum absolute atomic E-state index is 6.33. The van der Waals surface area contributed by atoms with Gasteiger partial charge in [0, 0.05) is 32.7 Å². The van der Waals surface area contributed by atoms with Crippen molar-refractivity contribution in [3.63, 3.8) is 0 Å². The minimum absolute atomic E-state index is 0.718. The van der Waals surface area contributed by atoms with E-state index in [0.29, 0.717) is 0 Å². The van der Waals surface area contributed by atoms with Gasteiger partial charge in [0.2, 0.25) is 0 Å². The lowest BCUT2D eigenvalue weighted by atomic mass is 10.0. The molecule has 1 aromatic heterocycles. The van der Waals surface area contributed by atoms with Crippen molar-refractivity contribution < 1.29 is 0 Å². The molecule has 112 valence electrons.